The van der Waals surface area contributed by atoms with Gasteiger partial charge in [-0.1, -0.05) is 37.3 Å². The van der Waals surface area contributed by atoms with Gasteiger partial charge in [0.05, 0.1) is 11.1 Å². The molecular formula is C14H16ClN3O. The molecule has 100 valence electrons. The van der Waals surface area contributed by atoms with Gasteiger partial charge < -0.3 is 5.32 Å². The highest BCUT2D eigenvalue weighted by Crippen LogP contribution is 2.36. The highest BCUT2D eigenvalue weighted by molar-refractivity contribution is 6.33. The van der Waals surface area contributed by atoms with E-state index in [1.165, 1.54) is 0 Å². The van der Waals surface area contributed by atoms with Gasteiger partial charge in [0.15, 0.2) is 5.82 Å². The Morgan fingerprint density at radius 2 is 2.05 bits per heavy atom. The summed E-state index contributed by atoms with van der Waals surface area (Å²) in [5, 5.41) is 12.5. The molecule has 4 nitrogen and oxygen atoms in total. The monoisotopic (exact) mass is 277 g/mol. The lowest BCUT2D eigenvalue weighted by atomic mass is 9.81. The fourth-order valence-electron chi connectivity index (χ4n) is 2.43. The van der Waals surface area contributed by atoms with Crippen LogP contribution in [0.15, 0.2) is 18.3 Å². The minimum atomic E-state index is -0.933. The molecule has 0 aromatic carbocycles. The van der Waals surface area contributed by atoms with Crippen LogP contribution in [-0.2, 0) is 4.79 Å². The smallest absolute Gasteiger partial charge is 0.246 e. The lowest BCUT2D eigenvalue weighted by Crippen LogP contribution is -2.35. The summed E-state index contributed by atoms with van der Waals surface area (Å²) in [5.41, 5.74) is -0.933. The van der Waals surface area contributed by atoms with Gasteiger partial charge in [-0.25, -0.2) is 4.98 Å². The summed E-state index contributed by atoms with van der Waals surface area (Å²) >= 11 is 5.97. The normalized spacial score (nSPS) is 18.1. The number of hydrogen-bond donors (Lipinski definition) is 1. The lowest BCUT2D eigenvalue weighted by molar-refractivity contribution is -0.123. The molecular weight excluding hydrogens is 262 g/mol. The maximum atomic E-state index is 12.4. The first-order chi connectivity index (χ1) is 9.18. The van der Waals surface area contributed by atoms with E-state index in [0.29, 0.717) is 23.7 Å². The number of nitrogens with one attached hydrogen (secondary N) is 1. The molecule has 1 aliphatic carbocycles. The Hall–Kier alpha value is -1.60. The number of amides is 1. The zero-order valence-corrected chi connectivity index (χ0v) is 11.4. The van der Waals surface area contributed by atoms with Crippen molar-refractivity contribution in [3.05, 3.63) is 23.4 Å². The van der Waals surface area contributed by atoms with E-state index in [4.69, 9.17) is 11.6 Å². The predicted molar refractivity (Wildman–Crippen MR) is 73.6 cm³/mol. The van der Waals surface area contributed by atoms with Crippen molar-refractivity contribution < 1.29 is 4.79 Å². The Balaban J connectivity index is 2.17. The molecule has 1 amide bonds. The summed E-state index contributed by atoms with van der Waals surface area (Å²) in [6.07, 6.45) is 6.78. The number of pyridine rings is 1. The highest BCUT2D eigenvalue weighted by Gasteiger charge is 2.39. The van der Waals surface area contributed by atoms with E-state index in [9.17, 15) is 10.1 Å². The number of halogens is 1. The maximum Gasteiger partial charge on any atom is 0.246 e. The standard InChI is InChI=1S/C14H16ClN3O/c15-11-6-5-9-17-12(11)18-13(19)14(10-16)7-3-1-2-4-8-14/h5-6,9H,1-4,7-8H2,(H,17,18,19). The Kier molecular flexibility index (Phi) is 4.39. The minimum Gasteiger partial charge on any atom is -0.308 e. The van der Waals surface area contributed by atoms with Crippen LogP contribution in [0.1, 0.15) is 38.5 Å². The van der Waals surface area contributed by atoms with E-state index in [0.717, 1.165) is 25.7 Å². The number of carbonyl (C=O) groups excluding carboxylic acids is 1. The number of rotatable bonds is 2. The van der Waals surface area contributed by atoms with Gasteiger partial charge in [0.25, 0.3) is 0 Å². The van der Waals surface area contributed by atoms with E-state index < -0.39 is 5.41 Å². The second-order valence-electron chi connectivity index (χ2n) is 4.90. The summed E-state index contributed by atoms with van der Waals surface area (Å²) in [7, 11) is 0. The summed E-state index contributed by atoms with van der Waals surface area (Å²) in [6.45, 7) is 0. The molecule has 2 rings (SSSR count). The predicted octanol–water partition coefficient (Wildman–Crippen LogP) is 3.54. The molecule has 1 N–H and O–H groups in total. The van der Waals surface area contributed by atoms with Gasteiger partial charge >= 0.3 is 0 Å². The van der Waals surface area contributed by atoms with Gasteiger partial charge in [-0.2, -0.15) is 5.26 Å². The fraction of sp³-hybridized carbons (Fsp3) is 0.500. The molecule has 0 saturated heterocycles. The Morgan fingerprint density at radius 1 is 1.37 bits per heavy atom. The maximum absolute atomic E-state index is 12.4. The van der Waals surface area contributed by atoms with E-state index in [2.05, 4.69) is 16.4 Å². The van der Waals surface area contributed by atoms with Crippen LogP contribution in [0, 0.1) is 16.7 Å². The number of aromatic nitrogens is 1. The van der Waals surface area contributed by atoms with Crippen molar-refractivity contribution in [1.29, 1.82) is 5.26 Å². The number of carbonyl (C=O) groups is 1. The molecule has 1 aliphatic rings. The average Bonchev–Trinajstić information content (AvgIpc) is 2.67. The van der Waals surface area contributed by atoms with Crippen molar-refractivity contribution in [2.75, 3.05) is 5.32 Å². The first-order valence-electron chi connectivity index (χ1n) is 6.51. The summed E-state index contributed by atoms with van der Waals surface area (Å²) in [4.78, 5) is 16.4. The van der Waals surface area contributed by atoms with E-state index in [-0.39, 0.29) is 5.91 Å². The van der Waals surface area contributed by atoms with Crippen molar-refractivity contribution >= 4 is 23.3 Å². The van der Waals surface area contributed by atoms with Gasteiger partial charge in [-0.3, -0.25) is 4.79 Å². The second kappa shape index (κ2) is 6.03. The molecule has 0 aliphatic heterocycles. The molecule has 1 heterocycles. The zero-order valence-electron chi connectivity index (χ0n) is 10.7. The van der Waals surface area contributed by atoms with Crippen LogP contribution in [-0.4, -0.2) is 10.9 Å². The first-order valence-corrected chi connectivity index (χ1v) is 6.89. The van der Waals surface area contributed by atoms with E-state index >= 15 is 0 Å². The number of nitriles is 1. The van der Waals surface area contributed by atoms with Gasteiger partial charge in [0, 0.05) is 6.20 Å². The Morgan fingerprint density at radius 3 is 2.63 bits per heavy atom. The van der Waals surface area contributed by atoms with Gasteiger partial charge in [0.1, 0.15) is 5.41 Å². The van der Waals surface area contributed by atoms with Crippen molar-refractivity contribution in [1.82, 2.24) is 4.98 Å². The molecule has 0 radical (unpaired) electrons. The molecule has 0 spiro atoms. The van der Waals surface area contributed by atoms with E-state index in [1.54, 1.807) is 18.3 Å². The van der Waals surface area contributed by atoms with Crippen LogP contribution in [0.5, 0.6) is 0 Å². The molecule has 0 atom stereocenters. The average molecular weight is 278 g/mol. The third kappa shape index (κ3) is 3.05. The van der Waals surface area contributed by atoms with Gasteiger partial charge in [-0.15, -0.1) is 0 Å². The van der Waals surface area contributed by atoms with Gasteiger partial charge in [-0.05, 0) is 25.0 Å². The van der Waals surface area contributed by atoms with E-state index in [1.807, 2.05) is 0 Å². The van der Waals surface area contributed by atoms with Crippen molar-refractivity contribution in [3.63, 3.8) is 0 Å². The van der Waals surface area contributed by atoms with Crippen molar-refractivity contribution in [2.24, 2.45) is 5.41 Å². The number of nitrogens with zero attached hydrogens (tertiary/aromatic N) is 2. The number of hydrogen-bond acceptors (Lipinski definition) is 3. The van der Waals surface area contributed by atoms with Crippen LogP contribution in [0.4, 0.5) is 5.82 Å². The summed E-state index contributed by atoms with van der Waals surface area (Å²) in [5.74, 6) is 0.0468. The zero-order chi connectivity index (χ0) is 13.7. The van der Waals surface area contributed by atoms with Crippen LogP contribution < -0.4 is 5.32 Å². The third-order valence-electron chi connectivity index (χ3n) is 3.60. The lowest BCUT2D eigenvalue weighted by Gasteiger charge is -2.23. The van der Waals surface area contributed by atoms with Crippen LogP contribution >= 0.6 is 11.6 Å². The van der Waals surface area contributed by atoms with Crippen molar-refractivity contribution in [3.8, 4) is 6.07 Å². The molecule has 19 heavy (non-hydrogen) atoms. The fourth-order valence-corrected chi connectivity index (χ4v) is 2.60. The highest BCUT2D eigenvalue weighted by atomic mass is 35.5. The molecule has 1 fully saturated rings. The minimum absolute atomic E-state index is 0.280. The van der Waals surface area contributed by atoms with Gasteiger partial charge in [0.2, 0.25) is 5.91 Å². The molecule has 5 heteroatoms. The topological polar surface area (TPSA) is 65.8 Å². The largest absolute Gasteiger partial charge is 0.308 e. The summed E-state index contributed by atoms with van der Waals surface area (Å²) < 4.78 is 0. The van der Waals surface area contributed by atoms with Crippen LogP contribution in [0.2, 0.25) is 5.02 Å². The number of anilines is 1. The summed E-state index contributed by atoms with van der Waals surface area (Å²) in [6, 6.07) is 5.58. The third-order valence-corrected chi connectivity index (χ3v) is 3.90. The molecule has 1 saturated carbocycles. The quantitative estimate of drug-likeness (QED) is 0.841. The van der Waals surface area contributed by atoms with Crippen LogP contribution in [0.3, 0.4) is 0 Å². The van der Waals surface area contributed by atoms with Crippen LogP contribution in [0.25, 0.3) is 0 Å². The van der Waals surface area contributed by atoms with Crippen molar-refractivity contribution in [2.45, 2.75) is 38.5 Å². The SMILES string of the molecule is N#CC1(C(=O)Nc2ncccc2Cl)CCCCCC1. The second-order valence-corrected chi connectivity index (χ2v) is 5.30. The molecule has 0 unspecified atom stereocenters. The first kappa shape index (κ1) is 13.8. The Bertz CT molecular complexity index is 502. The molecule has 1 aromatic heterocycles. The molecule has 1 aromatic rings. The Labute approximate surface area is 117 Å². The molecule has 0 bridgehead atoms.